The molecular weight excluding hydrogens is 799 g/mol. The maximum absolute atomic E-state index is 15.4. The molecule has 9 atom stereocenters. The fourth-order valence-corrected chi connectivity index (χ4v) is 13.9. The molecule has 1 aromatic heterocycles. The van der Waals surface area contributed by atoms with Crippen LogP contribution in [-0.4, -0.2) is 128 Å². The number of rotatable bonds is 9. The molecule has 13 heteroatoms. The number of carbonyl (C=O) groups excluding carboxylic acids is 3. The van der Waals surface area contributed by atoms with Gasteiger partial charge in [0.05, 0.1) is 26.8 Å². The van der Waals surface area contributed by atoms with Gasteiger partial charge in [-0.3, -0.25) is 19.4 Å². The summed E-state index contributed by atoms with van der Waals surface area (Å²) < 4.78 is 24.6. The Balaban J connectivity index is 1.23. The van der Waals surface area contributed by atoms with Crippen LogP contribution in [0.15, 0.2) is 60.2 Å². The molecule has 10 rings (SSSR count). The lowest BCUT2D eigenvalue weighted by atomic mass is 9.47. The molecule has 2 aromatic carbocycles. The summed E-state index contributed by atoms with van der Waals surface area (Å²) in [5.41, 5.74) is 2.11. The minimum atomic E-state index is -1.80. The van der Waals surface area contributed by atoms with Crippen LogP contribution in [-0.2, 0) is 41.1 Å². The molecule has 2 bridgehead atoms. The maximum Gasteiger partial charge on any atom is 0.407 e. The molecule has 5 aliphatic heterocycles. The number of methoxy groups -OCH3 is 2. The molecule has 63 heavy (non-hydrogen) atoms. The van der Waals surface area contributed by atoms with Crippen LogP contribution in [0.5, 0.6) is 5.75 Å². The second-order valence-electron chi connectivity index (χ2n) is 19.5. The van der Waals surface area contributed by atoms with Gasteiger partial charge in [-0.25, -0.2) is 4.79 Å². The van der Waals surface area contributed by atoms with Crippen molar-refractivity contribution in [1.82, 2.24) is 20.1 Å². The monoisotopic (exact) mass is 861 g/mol. The summed E-state index contributed by atoms with van der Waals surface area (Å²) in [7, 11) is 5.13. The van der Waals surface area contributed by atoms with Crippen LogP contribution in [0.1, 0.15) is 88.1 Å². The minimum Gasteiger partial charge on any atom is -0.496 e. The smallest absolute Gasteiger partial charge is 0.407 e. The van der Waals surface area contributed by atoms with Gasteiger partial charge in [0, 0.05) is 90.9 Å². The number of para-hydroxylation sites is 1. The lowest BCUT2D eigenvalue weighted by molar-refractivity contribution is -0.217. The molecule has 6 heterocycles. The first-order valence-electron chi connectivity index (χ1n) is 23.2. The molecule has 336 valence electrons. The summed E-state index contributed by atoms with van der Waals surface area (Å²) in [6.07, 6.45) is 10.9. The molecule has 1 spiro atoms. The fraction of sp³-hybridized carbons (Fsp3) is 0.580. The third-order valence-electron chi connectivity index (χ3n) is 16.5. The quantitative estimate of drug-likeness (QED) is 0.134. The van der Waals surface area contributed by atoms with Crippen LogP contribution in [0.2, 0.25) is 0 Å². The number of ether oxygens (including phenoxy) is 4. The van der Waals surface area contributed by atoms with Crippen molar-refractivity contribution in [3.63, 3.8) is 0 Å². The largest absolute Gasteiger partial charge is 0.496 e. The normalized spacial score (nSPS) is 34.2. The molecule has 3 N–H and O–H groups in total. The number of esters is 2. The van der Waals surface area contributed by atoms with Crippen molar-refractivity contribution in [3.8, 4) is 5.75 Å². The van der Waals surface area contributed by atoms with Crippen molar-refractivity contribution in [1.29, 1.82) is 0 Å². The van der Waals surface area contributed by atoms with Gasteiger partial charge in [0.1, 0.15) is 29.0 Å². The summed E-state index contributed by atoms with van der Waals surface area (Å²) in [5, 5.41) is 17.9. The van der Waals surface area contributed by atoms with E-state index in [-0.39, 0.29) is 30.6 Å². The van der Waals surface area contributed by atoms with Crippen molar-refractivity contribution >= 4 is 34.6 Å². The van der Waals surface area contributed by atoms with Crippen molar-refractivity contribution in [2.75, 3.05) is 65.4 Å². The molecule has 1 unspecified atom stereocenters. The van der Waals surface area contributed by atoms with Crippen molar-refractivity contribution < 1.29 is 38.4 Å². The van der Waals surface area contributed by atoms with E-state index in [9.17, 15) is 14.7 Å². The number of hydrogen-bond donors (Lipinski definition) is 3. The van der Waals surface area contributed by atoms with E-state index in [0.717, 1.165) is 97.3 Å². The number of alkyl carbamates (subject to hydrolysis) is 1. The van der Waals surface area contributed by atoms with E-state index < -0.39 is 46.1 Å². The highest BCUT2D eigenvalue weighted by Crippen LogP contribution is 2.68. The van der Waals surface area contributed by atoms with Gasteiger partial charge in [-0.15, -0.1) is 0 Å². The topological polar surface area (TPSA) is 146 Å². The number of benzene rings is 2. The van der Waals surface area contributed by atoms with Crippen LogP contribution in [0.25, 0.3) is 10.9 Å². The van der Waals surface area contributed by atoms with E-state index in [1.165, 1.54) is 19.6 Å². The van der Waals surface area contributed by atoms with Crippen molar-refractivity contribution in [2.24, 2.45) is 11.3 Å². The Morgan fingerprint density at radius 3 is 2.56 bits per heavy atom. The van der Waals surface area contributed by atoms with Crippen molar-refractivity contribution in [3.05, 3.63) is 82.6 Å². The highest BCUT2D eigenvalue weighted by atomic mass is 16.6. The van der Waals surface area contributed by atoms with Crippen molar-refractivity contribution in [2.45, 2.75) is 113 Å². The summed E-state index contributed by atoms with van der Waals surface area (Å²) in [4.78, 5) is 53.1. The minimum absolute atomic E-state index is 0.0323. The summed E-state index contributed by atoms with van der Waals surface area (Å²) >= 11 is 0. The first-order chi connectivity index (χ1) is 30.4. The van der Waals surface area contributed by atoms with Gasteiger partial charge < -0.3 is 39.3 Å². The van der Waals surface area contributed by atoms with E-state index >= 15 is 4.79 Å². The Morgan fingerprint density at radius 1 is 1.03 bits per heavy atom. The summed E-state index contributed by atoms with van der Waals surface area (Å²) in [5.74, 6) is -0.290. The SMILES string of the molecule is CCC1=C[C@@H]2CN(CCc3c([nH]c4ccccc34)[C@@](C(=O)OC)(c3cc4c(cc3OC)N(C)[C@H]3[C@@](O)(CNC(=O)OC5CCC5)[C@H](OC(C)=O)[C@]5(CC)C=CCN6CC[C@]43[C@@H]65)C2)C1. The second-order valence-corrected chi connectivity index (χ2v) is 19.5. The molecule has 2 aliphatic carbocycles. The average molecular weight is 862 g/mol. The number of nitrogens with zero attached hydrogens (tertiary/aromatic N) is 3. The van der Waals surface area contributed by atoms with Crippen LogP contribution in [0, 0.1) is 11.3 Å². The number of H-pyrrole nitrogens is 1. The lowest BCUT2D eigenvalue weighted by Gasteiger charge is -2.64. The van der Waals surface area contributed by atoms with E-state index in [1.54, 1.807) is 7.11 Å². The molecule has 0 radical (unpaired) electrons. The van der Waals surface area contributed by atoms with Gasteiger partial charge in [0.15, 0.2) is 0 Å². The maximum atomic E-state index is 15.4. The Bertz CT molecular complexity index is 2410. The molecule has 1 amide bonds. The number of anilines is 1. The van der Waals surface area contributed by atoms with Crippen LogP contribution >= 0.6 is 0 Å². The third-order valence-corrected chi connectivity index (χ3v) is 16.5. The van der Waals surface area contributed by atoms with E-state index in [0.29, 0.717) is 31.6 Å². The number of aromatic nitrogens is 1. The average Bonchev–Trinajstić information content (AvgIpc) is 3.93. The second kappa shape index (κ2) is 15.4. The molecular formula is C50H63N5O8. The van der Waals surface area contributed by atoms with Gasteiger partial charge in [-0.05, 0) is 87.1 Å². The highest BCUT2D eigenvalue weighted by molar-refractivity contribution is 5.94. The van der Waals surface area contributed by atoms with Gasteiger partial charge in [-0.1, -0.05) is 55.8 Å². The first-order valence-corrected chi connectivity index (χ1v) is 23.2. The van der Waals surface area contributed by atoms with Crippen LogP contribution in [0.4, 0.5) is 10.5 Å². The Kier molecular flexibility index (Phi) is 10.3. The van der Waals surface area contributed by atoms with Crippen LogP contribution < -0.4 is 15.0 Å². The zero-order chi connectivity index (χ0) is 44.1. The lowest BCUT2D eigenvalue weighted by Crippen LogP contribution is -2.81. The Labute approximate surface area is 370 Å². The molecule has 13 nitrogen and oxygen atoms in total. The number of nitrogens with one attached hydrogen (secondary N) is 2. The predicted octanol–water partition coefficient (Wildman–Crippen LogP) is 5.90. The zero-order valence-corrected chi connectivity index (χ0v) is 37.6. The third kappa shape index (κ3) is 6.00. The number of likely N-dealkylation sites (N-methyl/N-ethyl adjacent to an activating group) is 1. The number of carbonyl (C=O) groups is 3. The zero-order valence-electron chi connectivity index (χ0n) is 37.6. The number of amides is 1. The molecule has 3 fully saturated rings. The number of aromatic amines is 1. The van der Waals surface area contributed by atoms with E-state index in [4.69, 9.17) is 18.9 Å². The predicted molar refractivity (Wildman–Crippen MR) is 239 cm³/mol. The van der Waals surface area contributed by atoms with E-state index in [2.05, 4.69) is 81.3 Å². The molecule has 3 aromatic rings. The number of hydrogen-bond acceptors (Lipinski definition) is 11. The molecule has 1 saturated heterocycles. The van der Waals surface area contributed by atoms with Gasteiger partial charge in [-0.2, -0.15) is 0 Å². The summed E-state index contributed by atoms with van der Waals surface area (Å²) in [6.45, 7) is 9.50. The summed E-state index contributed by atoms with van der Waals surface area (Å²) in [6, 6.07) is 11.7. The highest BCUT2D eigenvalue weighted by Gasteiger charge is 2.78. The number of fused-ring (bicyclic) bond motifs is 6. The van der Waals surface area contributed by atoms with Gasteiger partial charge >= 0.3 is 18.0 Å². The van der Waals surface area contributed by atoms with Gasteiger partial charge in [0.2, 0.25) is 0 Å². The standard InChI is InChI=1S/C50H63N5O8/c1-7-31-23-32-26-49(45(57)61-6,41-35(17-21-54(27-31)28-32)34-15-9-10-16-38(34)52-41)37-24-36-39(25-40(37)60-5)53(4)43-48(36)19-22-55-20-12-18-47(8-2,42(48)55)44(62-30(3)56)50(43,59)29-51-46(58)63-33-13-11-14-33/h9-10,12,15-16,18,23-25,32-33,42-44,52,59H,7-8,11,13-14,17,19-22,26-29H2,1-6H3,(H,51,58)/t32-,42-,43+,44+,47+,48+,49-,50-/m0/s1. The van der Waals surface area contributed by atoms with E-state index in [1.807, 2.05) is 19.2 Å². The Hall–Kier alpha value is -4.85. The van der Waals surface area contributed by atoms with Gasteiger partial charge in [0.25, 0.3) is 0 Å². The van der Waals surface area contributed by atoms with Crippen LogP contribution in [0.3, 0.4) is 0 Å². The Morgan fingerprint density at radius 2 is 1.84 bits per heavy atom. The number of aliphatic hydroxyl groups is 1. The molecule has 2 saturated carbocycles. The first kappa shape index (κ1) is 42.1. The fourth-order valence-electron chi connectivity index (χ4n) is 13.9. The molecule has 7 aliphatic rings.